The van der Waals surface area contributed by atoms with Gasteiger partial charge >= 0.3 is 5.97 Å². The standard InChI is InChI=1S/C17H14F2O3/c18-13-5-1-11(2-6-13)17(16(20)21,9-15-10-22-15)12-3-7-14(19)8-4-12/h1-8,15H,9-10H2,(H,20,21). The van der Waals surface area contributed by atoms with Crippen LogP contribution in [0.4, 0.5) is 8.78 Å². The summed E-state index contributed by atoms with van der Waals surface area (Å²) in [4.78, 5) is 12.1. The molecule has 0 bridgehead atoms. The lowest BCUT2D eigenvalue weighted by atomic mass is 9.71. The van der Waals surface area contributed by atoms with Crippen molar-refractivity contribution in [3.63, 3.8) is 0 Å². The van der Waals surface area contributed by atoms with Crippen LogP contribution in [0.15, 0.2) is 48.5 Å². The smallest absolute Gasteiger partial charge is 0.318 e. The molecule has 2 aromatic carbocycles. The van der Waals surface area contributed by atoms with Gasteiger partial charge in [0.15, 0.2) is 0 Å². The lowest BCUT2D eigenvalue weighted by Gasteiger charge is -2.30. The molecule has 0 amide bonds. The van der Waals surface area contributed by atoms with E-state index >= 15 is 0 Å². The second kappa shape index (κ2) is 5.50. The number of benzene rings is 2. The molecule has 3 rings (SSSR count). The predicted octanol–water partition coefficient (Wildman–Crippen LogP) is 3.12. The summed E-state index contributed by atoms with van der Waals surface area (Å²) < 4.78 is 31.6. The van der Waals surface area contributed by atoms with Crippen LogP contribution in [0.1, 0.15) is 17.5 Å². The van der Waals surface area contributed by atoms with Crippen LogP contribution in [-0.2, 0) is 14.9 Å². The van der Waals surface area contributed by atoms with Crippen LogP contribution in [-0.4, -0.2) is 23.8 Å². The number of carboxylic acids is 1. The Kier molecular flexibility index (Phi) is 3.66. The number of carbonyl (C=O) groups is 1. The molecule has 1 N–H and O–H groups in total. The van der Waals surface area contributed by atoms with Gasteiger partial charge in [0.1, 0.15) is 17.0 Å². The van der Waals surface area contributed by atoms with Gasteiger partial charge in [-0.05, 0) is 35.4 Å². The first-order valence-electron chi connectivity index (χ1n) is 6.89. The first-order chi connectivity index (χ1) is 10.5. The van der Waals surface area contributed by atoms with E-state index in [0.29, 0.717) is 17.7 Å². The number of hydrogen-bond donors (Lipinski definition) is 1. The first-order valence-corrected chi connectivity index (χ1v) is 6.89. The maximum Gasteiger partial charge on any atom is 0.318 e. The number of aliphatic carboxylic acids is 1. The molecule has 1 atom stereocenters. The van der Waals surface area contributed by atoms with E-state index < -0.39 is 23.0 Å². The molecule has 2 aromatic rings. The molecule has 3 nitrogen and oxygen atoms in total. The van der Waals surface area contributed by atoms with Gasteiger partial charge < -0.3 is 9.84 Å². The largest absolute Gasteiger partial charge is 0.480 e. The zero-order valence-corrected chi connectivity index (χ0v) is 11.6. The predicted molar refractivity (Wildman–Crippen MR) is 75.6 cm³/mol. The molecule has 1 heterocycles. The molecule has 1 aliphatic heterocycles. The maximum absolute atomic E-state index is 13.2. The van der Waals surface area contributed by atoms with E-state index in [9.17, 15) is 18.7 Å². The molecule has 1 aliphatic rings. The van der Waals surface area contributed by atoms with Crippen molar-refractivity contribution < 1.29 is 23.4 Å². The Labute approximate surface area is 126 Å². The van der Waals surface area contributed by atoms with E-state index in [-0.39, 0.29) is 12.5 Å². The Morgan fingerprint density at radius 1 is 1.05 bits per heavy atom. The molecule has 1 saturated heterocycles. The summed E-state index contributed by atoms with van der Waals surface area (Å²) in [6.45, 7) is 0.497. The van der Waals surface area contributed by atoms with Crippen LogP contribution in [0, 0.1) is 11.6 Å². The molecule has 22 heavy (non-hydrogen) atoms. The van der Waals surface area contributed by atoms with E-state index in [2.05, 4.69) is 0 Å². The summed E-state index contributed by atoms with van der Waals surface area (Å²) >= 11 is 0. The highest BCUT2D eigenvalue weighted by Crippen LogP contribution is 2.40. The number of rotatable bonds is 5. The van der Waals surface area contributed by atoms with Gasteiger partial charge in [-0.3, -0.25) is 4.79 Å². The summed E-state index contributed by atoms with van der Waals surface area (Å²) in [6, 6.07) is 10.7. The minimum absolute atomic E-state index is 0.161. The number of carboxylic acid groups (broad SMARTS) is 1. The fourth-order valence-electron chi connectivity index (χ4n) is 2.73. The number of hydrogen-bond acceptors (Lipinski definition) is 2. The van der Waals surface area contributed by atoms with Crippen molar-refractivity contribution >= 4 is 5.97 Å². The van der Waals surface area contributed by atoms with Crippen molar-refractivity contribution in [3.05, 3.63) is 71.3 Å². The fourth-order valence-corrected chi connectivity index (χ4v) is 2.73. The SMILES string of the molecule is O=C(O)C(CC1CO1)(c1ccc(F)cc1)c1ccc(F)cc1. The number of epoxide rings is 1. The second-order valence-electron chi connectivity index (χ2n) is 5.38. The van der Waals surface area contributed by atoms with Crippen LogP contribution in [0.25, 0.3) is 0 Å². The monoisotopic (exact) mass is 304 g/mol. The molecule has 1 fully saturated rings. The summed E-state index contributed by atoms with van der Waals surface area (Å²) in [6.07, 6.45) is 0.0609. The quantitative estimate of drug-likeness (QED) is 0.863. The molecular formula is C17H14F2O3. The average Bonchev–Trinajstić information content (AvgIpc) is 3.30. The molecule has 0 radical (unpaired) electrons. The van der Waals surface area contributed by atoms with Crippen molar-refractivity contribution in [1.82, 2.24) is 0 Å². The van der Waals surface area contributed by atoms with Gasteiger partial charge in [0.25, 0.3) is 0 Å². The third kappa shape index (κ3) is 2.60. The Bertz CT molecular complexity index is 631. The lowest BCUT2D eigenvalue weighted by molar-refractivity contribution is -0.142. The van der Waals surface area contributed by atoms with Crippen molar-refractivity contribution in [2.24, 2.45) is 0 Å². The first kappa shape index (κ1) is 14.7. The van der Waals surface area contributed by atoms with E-state index in [1.165, 1.54) is 48.5 Å². The molecule has 0 saturated carbocycles. The van der Waals surface area contributed by atoms with Crippen molar-refractivity contribution in [2.75, 3.05) is 6.61 Å². The zero-order chi connectivity index (χ0) is 15.7. The topological polar surface area (TPSA) is 49.8 Å². The Morgan fingerprint density at radius 2 is 1.45 bits per heavy atom. The maximum atomic E-state index is 13.2. The second-order valence-corrected chi connectivity index (χ2v) is 5.38. The number of ether oxygens (including phenoxy) is 1. The van der Waals surface area contributed by atoms with Gasteiger partial charge in [0.2, 0.25) is 0 Å². The van der Waals surface area contributed by atoms with Crippen molar-refractivity contribution in [1.29, 1.82) is 0 Å². The van der Waals surface area contributed by atoms with Gasteiger partial charge in [0.05, 0.1) is 12.7 Å². The summed E-state index contributed by atoms with van der Waals surface area (Å²) in [5, 5.41) is 9.90. The minimum atomic E-state index is -1.39. The van der Waals surface area contributed by atoms with Gasteiger partial charge in [-0.25, -0.2) is 8.78 Å². The lowest BCUT2D eigenvalue weighted by Crippen LogP contribution is -2.38. The summed E-state index contributed by atoms with van der Waals surface area (Å²) in [7, 11) is 0. The molecular weight excluding hydrogens is 290 g/mol. The van der Waals surface area contributed by atoms with Crippen molar-refractivity contribution in [2.45, 2.75) is 17.9 Å². The summed E-state index contributed by atoms with van der Waals surface area (Å²) in [5.74, 6) is -1.95. The van der Waals surface area contributed by atoms with E-state index in [0.717, 1.165) is 0 Å². The van der Waals surface area contributed by atoms with Crippen LogP contribution in [0.5, 0.6) is 0 Å². The molecule has 5 heteroatoms. The van der Waals surface area contributed by atoms with E-state index in [1.807, 2.05) is 0 Å². The van der Waals surface area contributed by atoms with Crippen LogP contribution in [0.2, 0.25) is 0 Å². The van der Waals surface area contributed by atoms with E-state index in [1.54, 1.807) is 0 Å². The van der Waals surface area contributed by atoms with E-state index in [4.69, 9.17) is 4.74 Å². The molecule has 114 valence electrons. The Balaban J connectivity index is 2.16. The normalized spacial score (nSPS) is 17.3. The molecule has 0 spiro atoms. The summed E-state index contributed by atoms with van der Waals surface area (Å²) in [5.41, 5.74) is -0.491. The van der Waals surface area contributed by atoms with Crippen LogP contribution >= 0.6 is 0 Å². The van der Waals surface area contributed by atoms with Crippen molar-refractivity contribution in [3.8, 4) is 0 Å². The minimum Gasteiger partial charge on any atom is -0.480 e. The highest BCUT2D eigenvalue weighted by Gasteiger charge is 2.47. The molecule has 0 aromatic heterocycles. The molecule has 1 unspecified atom stereocenters. The van der Waals surface area contributed by atoms with Crippen LogP contribution in [0.3, 0.4) is 0 Å². The number of halogens is 2. The van der Waals surface area contributed by atoms with Gasteiger partial charge in [-0.15, -0.1) is 0 Å². The third-order valence-corrected chi connectivity index (χ3v) is 3.98. The van der Waals surface area contributed by atoms with Gasteiger partial charge in [-0.2, -0.15) is 0 Å². The molecule has 0 aliphatic carbocycles. The van der Waals surface area contributed by atoms with Gasteiger partial charge in [-0.1, -0.05) is 24.3 Å². The Hall–Kier alpha value is -2.27. The highest BCUT2D eigenvalue weighted by atomic mass is 19.1. The average molecular weight is 304 g/mol. The van der Waals surface area contributed by atoms with Crippen LogP contribution < -0.4 is 0 Å². The highest BCUT2D eigenvalue weighted by molar-refractivity contribution is 5.86. The Morgan fingerprint density at radius 3 is 1.77 bits per heavy atom. The zero-order valence-electron chi connectivity index (χ0n) is 11.6. The van der Waals surface area contributed by atoms with Gasteiger partial charge in [0, 0.05) is 6.42 Å². The fraction of sp³-hybridized carbons (Fsp3) is 0.235. The third-order valence-electron chi connectivity index (χ3n) is 3.98.